The van der Waals surface area contributed by atoms with Crippen LogP contribution in [0.15, 0.2) is 36.4 Å². The first kappa shape index (κ1) is 32.2. The van der Waals surface area contributed by atoms with Crippen molar-refractivity contribution in [3.8, 4) is 28.7 Å². The molecule has 43 heavy (non-hydrogen) atoms. The van der Waals surface area contributed by atoms with Crippen LogP contribution in [0.1, 0.15) is 68.1 Å². The number of ether oxygens (including phenoxy) is 1. The highest BCUT2D eigenvalue weighted by Crippen LogP contribution is 2.41. The van der Waals surface area contributed by atoms with E-state index in [4.69, 9.17) is 0 Å². The fraction of sp³-hybridized carbons (Fsp3) is 0.355. The van der Waals surface area contributed by atoms with Crippen LogP contribution in [-0.4, -0.2) is 6.18 Å². The Morgan fingerprint density at radius 3 is 1.74 bits per heavy atom. The second-order valence-electron chi connectivity index (χ2n) is 10.3. The Balaban J connectivity index is 1.60. The molecule has 3 aromatic carbocycles. The summed E-state index contributed by atoms with van der Waals surface area (Å²) in [7, 11) is 0. The summed E-state index contributed by atoms with van der Waals surface area (Å²) in [5.74, 6) is -9.06. The maximum absolute atomic E-state index is 15.1. The van der Waals surface area contributed by atoms with Crippen molar-refractivity contribution in [2.24, 2.45) is 5.92 Å². The van der Waals surface area contributed by atoms with Crippen LogP contribution in [0.3, 0.4) is 0 Å². The van der Waals surface area contributed by atoms with E-state index < -0.39 is 75.2 Å². The lowest BCUT2D eigenvalue weighted by atomic mass is 9.77. The third kappa shape index (κ3) is 7.43. The van der Waals surface area contributed by atoms with Gasteiger partial charge in [0.25, 0.3) is 0 Å². The predicted molar refractivity (Wildman–Crippen MR) is 135 cm³/mol. The molecule has 0 aromatic heterocycles. The molecule has 0 aliphatic heterocycles. The first-order chi connectivity index (χ1) is 20.1. The number of alkyl halides is 5. The Bertz CT molecular complexity index is 1490. The first-order valence-corrected chi connectivity index (χ1v) is 13.2. The van der Waals surface area contributed by atoms with Crippen molar-refractivity contribution in [1.82, 2.24) is 0 Å². The minimum Gasteiger partial charge on any atom is -0.429 e. The molecule has 1 aliphatic carbocycles. The molecular weight excluding hydrogens is 597 g/mol. The summed E-state index contributed by atoms with van der Waals surface area (Å²) >= 11 is 0. The minimum atomic E-state index is -5.11. The predicted octanol–water partition coefficient (Wildman–Crippen LogP) is 10.3. The standard InChI is InChI=1S/C31H23F11O/c1-2-3-16-4-6-17(7-5-16)18-10-24(34)28(25(35)11-18)19-12-26(36)29(27(37)13-19)31(41,42)43-20-14-22(32)21(23(33)15-20)8-9-30(38,39)40/h10-17H,2-7H2,1H3. The van der Waals surface area contributed by atoms with Gasteiger partial charge in [-0.2, -0.15) is 22.0 Å². The molecule has 230 valence electrons. The van der Waals surface area contributed by atoms with Gasteiger partial charge in [0.05, 0.1) is 11.1 Å². The average Bonchev–Trinajstić information content (AvgIpc) is 2.87. The molecule has 0 heterocycles. The zero-order chi connectivity index (χ0) is 31.7. The SMILES string of the molecule is CCCC1CCC(c2cc(F)c(-c3cc(F)c(C(F)(F)Oc4cc(F)c(C#CC(F)(F)F)c(F)c4)c(F)c3)c(F)c2)CC1. The van der Waals surface area contributed by atoms with Crippen LogP contribution in [0.4, 0.5) is 48.3 Å². The topological polar surface area (TPSA) is 9.23 Å². The summed E-state index contributed by atoms with van der Waals surface area (Å²) in [5.41, 5.74) is -4.65. The minimum absolute atomic E-state index is 0.0458. The molecule has 3 aromatic rings. The quantitative estimate of drug-likeness (QED) is 0.189. The molecule has 0 atom stereocenters. The van der Waals surface area contributed by atoms with Crippen LogP contribution >= 0.6 is 0 Å². The number of hydrogen-bond acceptors (Lipinski definition) is 1. The fourth-order valence-electron chi connectivity index (χ4n) is 5.35. The van der Waals surface area contributed by atoms with Crippen molar-refractivity contribution in [2.45, 2.75) is 63.7 Å². The molecule has 0 amide bonds. The van der Waals surface area contributed by atoms with Gasteiger partial charge in [-0.25, -0.2) is 26.3 Å². The lowest BCUT2D eigenvalue weighted by molar-refractivity contribution is -0.189. The van der Waals surface area contributed by atoms with E-state index in [1.807, 2.05) is 0 Å². The van der Waals surface area contributed by atoms with Gasteiger partial charge >= 0.3 is 12.3 Å². The largest absolute Gasteiger partial charge is 0.458 e. The van der Waals surface area contributed by atoms with Crippen molar-refractivity contribution in [3.05, 3.63) is 88.0 Å². The molecule has 1 fully saturated rings. The van der Waals surface area contributed by atoms with Crippen LogP contribution in [0.25, 0.3) is 11.1 Å². The summed E-state index contributed by atoms with van der Waals surface area (Å²) in [6.07, 6.45) is -4.72. The number of benzene rings is 3. The Morgan fingerprint density at radius 1 is 0.721 bits per heavy atom. The molecule has 0 bridgehead atoms. The van der Waals surface area contributed by atoms with E-state index in [1.165, 1.54) is 5.92 Å². The monoisotopic (exact) mass is 620 g/mol. The van der Waals surface area contributed by atoms with E-state index in [0.717, 1.165) is 37.8 Å². The molecule has 1 aliphatic rings. The molecule has 0 N–H and O–H groups in total. The Labute approximate surface area is 239 Å². The molecule has 12 heteroatoms. The Morgan fingerprint density at radius 2 is 1.26 bits per heavy atom. The third-order valence-electron chi connectivity index (χ3n) is 7.29. The number of rotatable bonds is 7. The van der Waals surface area contributed by atoms with E-state index in [0.29, 0.717) is 30.2 Å². The normalized spacial score (nSPS) is 17.4. The van der Waals surface area contributed by atoms with E-state index >= 15 is 8.78 Å². The van der Waals surface area contributed by atoms with Crippen LogP contribution in [0.2, 0.25) is 0 Å². The molecule has 0 radical (unpaired) electrons. The average molecular weight is 621 g/mol. The first-order valence-electron chi connectivity index (χ1n) is 13.2. The van der Waals surface area contributed by atoms with Gasteiger partial charge in [-0.3, -0.25) is 0 Å². The zero-order valence-electron chi connectivity index (χ0n) is 22.4. The molecule has 4 rings (SSSR count). The van der Waals surface area contributed by atoms with E-state index in [9.17, 15) is 39.5 Å². The van der Waals surface area contributed by atoms with Crippen molar-refractivity contribution >= 4 is 0 Å². The summed E-state index contributed by atoms with van der Waals surface area (Å²) in [6.45, 7) is 2.08. The number of hydrogen-bond donors (Lipinski definition) is 0. The van der Waals surface area contributed by atoms with Gasteiger partial charge in [-0.1, -0.05) is 25.7 Å². The summed E-state index contributed by atoms with van der Waals surface area (Å²) in [6, 6.07) is 2.70. The molecule has 0 unspecified atom stereocenters. The van der Waals surface area contributed by atoms with Crippen molar-refractivity contribution in [1.29, 1.82) is 0 Å². The summed E-state index contributed by atoms with van der Waals surface area (Å²) in [5, 5.41) is 0. The maximum atomic E-state index is 15.1. The molecule has 1 saturated carbocycles. The van der Waals surface area contributed by atoms with Crippen molar-refractivity contribution in [2.75, 3.05) is 0 Å². The van der Waals surface area contributed by atoms with Crippen LogP contribution < -0.4 is 4.74 Å². The smallest absolute Gasteiger partial charge is 0.429 e. The van der Waals surface area contributed by atoms with Gasteiger partial charge in [-0.15, -0.1) is 0 Å². The van der Waals surface area contributed by atoms with Crippen LogP contribution in [0, 0.1) is 52.7 Å². The van der Waals surface area contributed by atoms with Gasteiger partial charge in [0, 0.05) is 18.1 Å². The second-order valence-corrected chi connectivity index (χ2v) is 10.3. The molecule has 1 nitrogen and oxygen atoms in total. The van der Waals surface area contributed by atoms with Crippen molar-refractivity contribution in [3.63, 3.8) is 0 Å². The fourth-order valence-corrected chi connectivity index (χ4v) is 5.35. The van der Waals surface area contributed by atoms with Crippen LogP contribution in [-0.2, 0) is 6.11 Å². The molecule has 0 saturated heterocycles. The maximum Gasteiger partial charge on any atom is 0.458 e. The van der Waals surface area contributed by atoms with Crippen molar-refractivity contribution < 1.29 is 53.0 Å². The van der Waals surface area contributed by atoms with Gasteiger partial charge in [-0.05, 0) is 72.9 Å². The van der Waals surface area contributed by atoms with E-state index in [1.54, 1.807) is 0 Å². The molecular formula is C31H23F11O. The lowest BCUT2D eigenvalue weighted by Crippen LogP contribution is -2.25. The third-order valence-corrected chi connectivity index (χ3v) is 7.29. The van der Waals surface area contributed by atoms with Crippen LogP contribution in [0.5, 0.6) is 5.75 Å². The van der Waals surface area contributed by atoms with Gasteiger partial charge in [0.15, 0.2) is 0 Å². The highest BCUT2D eigenvalue weighted by molar-refractivity contribution is 5.66. The van der Waals surface area contributed by atoms with E-state index in [2.05, 4.69) is 11.7 Å². The van der Waals surface area contributed by atoms with Gasteiger partial charge in [0.1, 0.15) is 46.2 Å². The Kier molecular flexibility index (Phi) is 9.33. The van der Waals surface area contributed by atoms with Gasteiger partial charge < -0.3 is 4.74 Å². The highest BCUT2D eigenvalue weighted by atomic mass is 19.4. The van der Waals surface area contributed by atoms with Gasteiger partial charge in [0.2, 0.25) is 0 Å². The zero-order valence-corrected chi connectivity index (χ0v) is 22.4. The summed E-state index contributed by atoms with van der Waals surface area (Å²) in [4.78, 5) is 0. The Hall–Kier alpha value is -3.75. The number of halogens is 11. The van der Waals surface area contributed by atoms with E-state index in [-0.39, 0.29) is 30.2 Å². The second kappa shape index (κ2) is 12.5. The summed E-state index contributed by atoms with van der Waals surface area (Å²) < 4.78 is 158. The molecule has 0 spiro atoms. The highest BCUT2D eigenvalue weighted by Gasteiger charge is 2.42. The lowest BCUT2D eigenvalue weighted by Gasteiger charge is -2.29.